The Hall–Kier alpha value is -2.66. The predicted molar refractivity (Wildman–Crippen MR) is 106 cm³/mol. The number of hydrogen-bond acceptors (Lipinski definition) is 3. The lowest BCUT2D eigenvalue weighted by Gasteiger charge is -2.33. The second-order valence-electron chi connectivity index (χ2n) is 7.11. The van der Waals surface area contributed by atoms with Crippen LogP contribution in [0.2, 0.25) is 0 Å². The number of piperidine rings is 1. The highest BCUT2D eigenvalue weighted by Crippen LogP contribution is 2.14. The standard InChI is InChI=1S/C22H27N3O2/c1-17(23-22(27)19-10-6-3-7-11-19)21(26)24-20-12-14-25(15-13-20)16-18-8-4-2-5-9-18/h2-11,17,20H,12-16H2,1H3,(H,23,27)(H,24,26). The minimum atomic E-state index is -0.556. The van der Waals surface area contributed by atoms with E-state index in [4.69, 9.17) is 0 Å². The fourth-order valence-electron chi connectivity index (χ4n) is 3.34. The third-order valence-corrected chi connectivity index (χ3v) is 4.96. The van der Waals surface area contributed by atoms with Gasteiger partial charge in [0.15, 0.2) is 0 Å². The molecule has 1 saturated heterocycles. The summed E-state index contributed by atoms with van der Waals surface area (Å²) < 4.78 is 0. The van der Waals surface area contributed by atoms with Gasteiger partial charge in [-0.25, -0.2) is 0 Å². The molecule has 2 aromatic rings. The fourth-order valence-corrected chi connectivity index (χ4v) is 3.34. The van der Waals surface area contributed by atoms with Gasteiger partial charge in [-0.05, 0) is 37.5 Å². The highest BCUT2D eigenvalue weighted by Gasteiger charge is 2.23. The molecule has 1 unspecified atom stereocenters. The van der Waals surface area contributed by atoms with Crippen molar-refractivity contribution in [3.05, 3.63) is 71.8 Å². The summed E-state index contributed by atoms with van der Waals surface area (Å²) in [5.41, 5.74) is 1.88. The fraction of sp³-hybridized carbons (Fsp3) is 0.364. The molecule has 0 aromatic heterocycles. The number of carbonyl (C=O) groups excluding carboxylic acids is 2. The van der Waals surface area contributed by atoms with Gasteiger partial charge in [0.2, 0.25) is 5.91 Å². The molecule has 1 heterocycles. The maximum Gasteiger partial charge on any atom is 0.251 e. The lowest BCUT2D eigenvalue weighted by Crippen LogP contribution is -2.51. The first-order chi connectivity index (χ1) is 13.1. The molecule has 5 heteroatoms. The molecule has 0 aliphatic carbocycles. The van der Waals surface area contributed by atoms with Gasteiger partial charge in [0.1, 0.15) is 6.04 Å². The first kappa shape index (κ1) is 19.1. The Morgan fingerprint density at radius 3 is 2.22 bits per heavy atom. The highest BCUT2D eigenvalue weighted by atomic mass is 16.2. The molecule has 1 atom stereocenters. The number of hydrogen-bond donors (Lipinski definition) is 2. The van der Waals surface area contributed by atoms with E-state index in [-0.39, 0.29) is 17.9 Å². The van der Waals surface area contributed by atoms with Crippen molar-refractivity contribution in [2.45, 2.75) is 38.4 Å². The zero-order valence-electron chi connectivity index (χ0n) is 15.7. The van der Waals surface area contributed by atoms with Crippen LogP contribution in [0.5, 0.6) is 0 Å². The van der Waals surface area contributed by atoms with Crippen LogP contribution >= 0.6 is 0 Å². The van der Waals surface area contributed by atoms with Crippen molar-refractivity contribution >= 4 is 11.8 Å². The molecular weight excluding hydrogens is 338 g/mol. The SMILES string of the molecule is CC(NC(=O)c1ccccc1)C(=O)NC1CCN(Cc2ccccc2)CC1. The van der Waals surface area contributed by atoms with E-state index < -0.39 is 6.04 Å². The largest absolute Gasteiger partial charge is 0.351 e. The molecule has 2 N–H and O–H groups in total. The van der Waals surface area contributed by atoms with Crippen LogP contribution in [-0.2, 0) is 11.3 Å². The van der Waals surface area contributed by atoms with E-state index in [9.17, 15) is 9.59 Å². The number of benzene rings is 2. The lowest BCUT2D eigenvalue weighted by molar-refractivity contribution is -0.123. The van der Waals surface area contributed by atoms with Crippen molar-refractivity contribution in [3.63, 3.8) is 0 Å². The van der Waals surface area contributed by atoms with Gasteiger partial charge in [-0.2, -0.15) is 0 Å². The molecule has 2 aromatic carbocycles. The molecule has 5 nitrogen and oxygen atoms in total. The topological polar surface area (TPSA) is 61.4 Å². The first-order valence-electron chi connectivity index (χ1n) is 9.54. The van der Waals surface area contributed by atoms with Crippen LogP contribution in [0.3, 0.4) is 0 Å². The number of nitrogens with one attached hydrogen (secondary N) is 2. The molecule has 27 heavy (non-hydrogen) atoms. The first-order valence-corrected chi connectivity index (χ1v) is 9.54. The van der Waals surface area contributed by atoms with Crippen molar-refractivity contribution < 1.29 is 9.59 Å². The van der Waals surface area contributed by atoms with Crippen LogP contribution in [0, 0.1) is 0 Å². The molecule has 1 fully saturated rings. The Morgan fingerprint density at radius 1 is 1.00 bits per heavy atom. The van der Waals surface area contributed by atoms with Crippen molar-refractivity contribution in [3.8, 4) is 0 Å². The summed E-state index contributed by atoms with van der Waals surface area (Å²) in [6.07, 6.45) is 1.86. The second kappa shape index (κ2) is 9.33. The van der Waals surface area contributed by atoms with E-state index in [0.717, 1.165) is 32.5 Å². The molecular formula is C22H27N3O2. The van der Waals surface area contributed by atoms with Crippen molar-refractivity contribution in [1.29, 1.82) is 0 Å². The zero-order valence-corrected chi connectivity index (χ0v) is 15.7. The molecule has 2 amide bonds. The quantitative estimate of drug-likeness (QED) is 0.827. The summed E-state index contributed by atoms with van der Waals surface area (Å²) in [6.45, 7) is 4.60. The summed E-state index contributed by atoms with van der Waals surface area (Å²) in [4.78, 5) is 27.0. The summed E-state index contributed by atoms with van der Waals surface area (Å²) in [5.74, 6) is -0.350. The summed E-state index contributed by atoms with van der Waals surface area (Å²) in [5, 5.41) is 5.85. The zero-order chi connectivity index (χ0) is 19.1. The number of likely N-dealkylation sites (tertiary alicyclic amines) is 1. The average Bonchev–Trinajstić information content (AvgIpc) is 2.71. The smallest absolute Gasteiger partial charge is 0.251 e. The second-order valence-corrected chi connectivity index (χ2v) is 7.11. The van der Waals surface area contributed by atoms with Crippen LogP contribution in [-0.4, -0.2) is 41.9 Å². The van der Waals surface area contributed by atoms with Gasteiger partial charge in [0.05, 0.1) is 0 Å². The van der Waals surface area contributed by atoms with Crippen LogP contribution in [0.4, 0.5) is 0 Å². The van der Waals surface area contributed by atoms with Gasteiger partial charge >= 0.3 is 0 Å². The molecule has 0 spiro atoms. The molecule has 1 aliphatic heterocycles. The Labute approximate surface area is 160 Å². The molecule has 3 rings (SSSR count). The summed E-state index contributed by atoms with van der Waals surface area (Å²) >= 11 is 0. The lowest BCUT2D eigenvalue weighted by atomic mass is 10.0. The van der Waals surface area contributed by atoms with E-state index in [1.54, 1.807) is 19.1 Å². The van der Waals surface area contributed by atoms with Crippen molar-refractivity contribution in [2.24, 2.45) is 0 Å². The maximum absolute atomic E-state index is 12.4. The third-order valence-electron chi connectivity index (χ3n) is 4.96. The van der Waals surface area contributed by atoms with E-state index in [2.05, 4.69) is 39.8 Å². The Balaban J connectivity index is 1.41. The maximum atomic E-state index is 12.4. The van der Waals surface area contributed by atoms with Crippen molar-refractivity contribution in [2.75, 3.05) is 13.1 Å². The number of carbonyl (C=O) groups is 2. The highest BCUT2D eigenvalue weighted by molar-refractivity contribution is 5.97. The number of nitrogens with zero attached hydrogens (tertiary/aromatic N) is 1. The Kier molecular flexibility index (Phi) is 6.60. The molecule has 0 radical (unpaired) electrons. The minimum absolute atomic E-state index is 0.124. The van der Waals surface area contributed by atoms with Gasteiger partial charge in [-0.3, -0.25) is 14.5 Å². The van der Waals surface area contributed by atoms with Crippen LogP contribution < -0.4 is 10.6 Å². The van der Waals surface area contributed by atoms with E-state index in [1.807, 2.05) is 24.3 Å². The van der Waals surface area contributed by atoms with Gasteiger partial charge in [-0.15, -0.1) is 0 Å². The van der Waals surface area contributed by atoms with E-state index in [0.29, 0.717) is 5.56 Å². The monoisotopic (exact) mass is 365 g/mol. The van der Waals surface area contributed by atoms with Gasteiger partial charge in [0.25, 0.3) is 5.91 Å². The molecule has 142 valence electrons. The van der Waals surface area contributed by atoms with Crippen LogP contribution in [0.1, 0.15) is 35.7 Å². The predicted octanol–water partition coefficient (Wildman–Crippen LogP) is 2.59. The summed E-state index contributed by atoms with van der Waals surface area (Å²) in [7, 11) is 0. The normalized spacial score (nSPS) is 16.5. The molecule has 1 aliphatic rings. The van der Waals surface area contributed by atoms with Gasteiger partial charge in [-0.1, -0.05) is 48.5 Å². The van der Waals surface area contributed by atoms with Gasteiger partial charge in [0, 0.05) is 31.2 Å². The average molecular weight is 365 g/mol. The van der Waals surface area contributed by atoms with Gasteiger partial charge < -0.3 is 10.6 Å². The number of rotatable bonds is 6. The van der Waals surface area contributed by atoms with E-state index >= 15 is 0 Å². The number of amides is 2. The third kappa shape index (κ3) is 5.66. The Bertz CT molecular complexity index is 741. The van der Waals surface area contributed by atoms with Crippen LogP contribution in [0.15, 0.2) is 60.7 Å². The summed E-state index contributed by atoms with van der Waals surface area (Å²) in [6, 6.07) is 19.0. The van der Waals surface area contributed by atoms with Crippen molar-refractivity contribution in [1.82, 2.24) is 15.5 Å². The molecule has 0 saturated carbocycles. The Morgan fingerprint density at radius 2 is 1.59 bits per heavy atom. The molecule has 0 bridgehead atoms. The minimum Gasteiger partial charge on any atom is -0.351 e. The van der Waals surface area contributed by atoms with Crippen LogP contribution in [0.25, 0.3) is 0 Å². The van der Waals surface area contributed by atoms with E-state index in [1.165, 1.54) is 5.56 Å².